The standard InChI is InChI=1S/C8H7F5N2O/c9-7(10)5-4(2-16)15-1-3(6(5)14)8(11,12)13/h1,7,16H,2H2,(H2,14,15). The molecule has 0 amide bonds. The molecule has 1 heterocycles. The highest BCUT2D eigenvalue weighted by molar-refractivity contribution is 5.56. The van der Waals surface area contributed by atoms with Crippen molar-refractivity contribution < 1.29 is 27.1 Å². The molecule has 1 aromatic rings. The van der Waals surface area contributed by atoms with E-state index in [0.717, 1.165) is 0 Å². The minimum Gasteiger partial charge on any atom is -0.398 e. The van der Waals surface area contributed by atoms with Crippen molar-refractivity contribution in [3.63, 3.8) is 0 Å². The van der Waals surface area contributed by atoms with E-state index in [1.807, 2.05) is 0 Å². The zero-order chi connectivity index (χ0) is 12.5. The van der Waals surface area contributed by atoms with E-state index in [1.165, 1.54) is 0 Å². The number of rotatable bonds is 2. The zero-order valence-electron chi connectivity index (χ0n) is 7.72. The highest BCUT2D eigenvalue weighted by Crippen LogP contribution is 2.38. The second-order valence-electron chi connectivity index (χ2n) is 2.90. The van der Waals surface area contributed by atoms with Gasteiger partial charge < -0.3 is 10.8 Å². The minimum atomic E-state index is -4.85. The summed E-state index contributed by atoms with van der Waals surface area (Å²) in [4.78, 5) is 3.12. The van der Waals surface area contributed by atoms with Crippen LogP contribution in [0.1, 0.15) is 23.2 Å². The monoisotopic (exact) mass is 242 g/mol. The van der Waals surface area contributed by atoms with Crippen LogP contribution >= 0.6 is 0 Å². The number of aliphatic hydroxyl groups is 1. The third-order valence-corrected chi connectivity index (χ3v) is 1.91. The molecule has 0 unspecified atom stereocenters. The molecular weight excluding hydrogens is 235 g/mol. The number of pyridine rings is 1. The van der Waals surface area contributed by atoms with Crippen LogP contribution < -0.4 is 5.73 Å². The molecule has 8 heteroatoms. The maximum absolute atomic E-state index is 12.4. The van der Waals surface area contributed by atoms with Crippen molar-refractivity contribution >= 4 is 5.69 Å². The van der Waals surface area contributed by atoms with Gasteiger partial charge in [-0.05, 0) is 0 Å². The molecule has 0 aliphatic rings. The second-order valence-corrected chi connectivity index (χ2v) is 2.90. The van der Waals surface area contributed by atoms with Crippen molar-refractivity contribution in [2.24, 2.45) is 0 Å². The van der Waals surface area contributed by atoms with Crippen LogP contribution in [0.3, 0.4) is 0 Å². The van der Waals surface area contributed by atoms with E-state index >= 15 is 0 Å². The van der Waals surface area contributed by atoms with Gasteiger partial charge in [-0.3, -0.25) is 4.98 Å². The summed E-state index contributed by atoms with van der Waals surface area (Å²) in [6.07, 6.45) is -7.75. The summed E-state index contributed by atoms with van der Waals surface area (Å²) in [5.74, 6) is 0. The summed E-state index contributed by atoms with van der Waals surface area (Å²) in [7, 11) is 0. The quantitative estimate of drug-likeness (QED) is 0.781. The molecule has 0 aliphatic carbocycles. The molecule has 0 spiro atoms. The summed E-state index contributed by atoms with van der Waals surface area (Å²) >= 11 is 0. The average Bonchev–Trinajstić information content (AvgIpc) is 2.14. The number of nitrogen functional groups attached to an aromatic ring is 1. The Morgan fingerprint density at radius 3 is 2.31 bits per heavy atom. The Balaban J connectivity index is 3.44. The van der Waals surface area contributed by atoms with E-state index in [1.54, 1.807) is 0 Å². The Morgan fingerprint density at radius 1 is 1.38 bits per heavy atom. The largest absolute Gasteiger partial charge is 0.419 e. The third-order valence-electron chi connectivity index (χ3n) is 1.91. The molecule has 3 N–H and O–H groups in total. The maximum atomic E-state index is 12.4. The Morgan fingerprint density at radius 2 is 1.94 bits per heavy atom. The number of aliphatic hydroxyl groups excluding tert-OH is 1. The van der Waals surface area contributed by atoms with Crippen LogP contribution in [0.2, 0.25) is 0 Å². The first-order chi connectivity index (χ1) is 7.29. The van der Waals surface area contributed by atoms with Gasteiger partial charge >= 0.3 is 6.18 Å². The van der Waals surface area contributed by atoms with Crippen molar-refractivity contribution in [3.05, 3.63) is 23.0 Å². The molecule has 0 saturated heterocycles. The maximum Gasteiger partial charge on any atom is 0.419 e. The highest BCUT2D eigenvalue weighted by atomic mass is 19.4. The molecule has 0 radical (unpaired) electrons. The molecule has 0 saturated carbocycles. The fourth-order valence-electron chi connectivity index (χ4n) is 1.18. The van der Waals surface area contributed by atoms with Crippen LogP contribution in [0.4, 0.5) is 27.6 Å². The molecule has 0 aliphatic heterocycles. The van der Waals surface area contributed by atoms with Gasteiger partial charge in [-0.1, -0.05) is 0 Å². The summed E-state index contributed by atoms with van der Waals surface area (Å²) in [5.41, 5.74) is 0.842. The lowest BCUT2D eigenvalue weighted by Gasteiger charge is -2.15. The fraction of sp³-hybridized carbons (Fsp3) is 0.375. The molecule has 0 atom stereocenters. The Hall–Kier alpha value is -1.44. The van der Waals surface area contributed by atoms with Crippen molar-refractivity contribution in [2.45, 2.75) is 19.2 Å². The van der Waals surface area contributed by atoms with Gasteiger partial charge in [-0.2, -0.15) is 13.2 Å². The Kier molecular flexibility index (Phi) is 3.32. The number of aromatic nitrogens is 1. The SMILES string of the molecule is Nc1c(C(F)(F)F)cnc(CO)c1C(F)F. The molecular formula is C8H7F5N2O. The van der Waals surface area contributed by atoms with Crippen LogP contribution in [0, 0.1) is 0 Å². The van der Waals surface area contributed by atoms with Gasteiger partial charge in [0, 0.05) is 6.20 Å². The Labute approximate surface area is 86.7 Å². The van der Waals surface area contributed by atoms with Gasteiger partial charge in [0.15, 0.2) is 0 Å². The first-order valence-electron chi connectivity index (χ1n) is 4.02. The lowest BCUT2D eigenvalue weighted by molar-refractivity contribution is -0.137. The highest BCUT2D eigenvalue weighted by Gasteiger charge is 2.36. The average molecular weight is 242 g/mol. The van der Waals surface area contributed by atoms with Gasteiger partial charge in [-0.15, -0.1) is 0 Å². The van der Waals surface area contributed by atoms with E-state index in [0.29, 0.717) is 6.20 Å². The molecule has 3 nitrogen and oxygen atoms in total. The molecule has 16 heavy (non-hydrogen) atoms. The van der Waals surface area contributed by atoms with E-state index in [4.69, 9.17) is 10.8 Å². The lowest BCUT2D eigenvalue weighted by atomic mass is 10.1. The fourth-order valence-corrected chi connectivity index (χ4v) is 1.18. The summed E-state index contributed by atoms with van der Waals surface area (Å²) in [6.45, 7) is -0.901. The molecule has 1 aromatic heterocycles. The predicted octanol–water partition coefficient (Wildman–Crippen LogP) is 2.11. The summed E-state index contributed by atoms with van der Waals surface area (Å²) in [5, 5.41) is 8.65. The van der Waals surface area contributed by atoms with Crippen LogP contribution in [0.15, 0.2) is 6.20 Å². The molecule has 90 valence electrons. The van der Waals surface area contributed by atoms with Crippen LogP contribution in [0.25, 0.3) is 0 Å². The first kappa shape index (κ1) is 12.6. The Bertz CT molecular complexity index is 391. The van der Waals surface area contributed by atoms with E-state index in [-0.39, 0.29) is 0 Å². The van der Waals surface area contributed by atoms with Crippen LogP contribution in [0.5, 0.6) is 0 Å². The lowest BCUT2D eigenvalue weighted by Crippen LogP contribution is -2.14. The predicted molar refractivity (Wildman–Crippen MR) is 44.5 cm³/mol. The topological polar surface area (TPSA) is 59.1 Å². The van der Waals surface area contributed by atoms with Gasteiger partial charge in [-0.25, -0.2) is 8.78 Å². The van der Waals surface area contributed by atoms with Gasteiger partial charge in [0.2, 0.25) is 0 Å². The molecule has 0 fully saturated rings. The molecule has 1 rings (SSSR count). The van der Waals surface area contributed by atoms with E-state index < -0.39 is 41.7 Å². The first-order valence-corrected chi connectivity index (χ1v) is 4.02. The van der Waals surface area contributed by atoms with Gasteiger partial charge in [0.05, 0.1) is 29.1 Å². The molecule has 0 bridgehead atoms. The third kappa shape index (κ3) is 2.21. The second kappa shape index (κ2) is 4.20. The smallest absolute Gasteiger partial charge is 0.398 e. The van der Waals surface area contributed by atoms with Crippen LogP contribution in [-0.2, 0) is 12.8 Å². The minimum absolute atomic E-state index is 0.326. The summed E-state index contributed by atoms with van der Waals surface area (Å²) < 4.78 is 61.8. The van der Waals surface area contributed by atoms with Gasteiger partial charge in [0.25, 0.3) is 6.43 Å². The number of alkyl halides is 5. The van der Waals surface area contributed by atoms with Crippen molar-refractivity contribution in [3.8, 4) is 0 Å². The normalized spacial score (nSPS) is 12.2. The number of nitrogens with two attached hydrogens (primary N) is 1. The van der Waals surface area contributed by atoms with Crippen molar-refractivity contribution in [1.82, 2.24) is 4.98 Å². The summed E-state index contributed by atoms with van der Waals surface area (Å²) in [6, 6.07) is 0. The van der Waals surface area contributed by atoms with E-state index in [9.17, 15) is 22.0 Å². The number of hydrogen-bond acceptors (Lipinski definition) is 3. The van der Waals surface area contributed by atoms with Crippen LogP contribution in [-0.4, -0.2) is 10.1 Å². The number of anilines is 1. The van der Waals surface area contributed by atoms with Crippen molar-refractivity contribution in [1.29, 1.82) is 0 Å². The number of nitrogens with zero attached hydrogens (tertiary/aromatic N) is 1. The molecule has 0 aromatic carbocycles. The zero-order valence-corrected chi connectivity index (χ0v) is 7.72. The van der Waals surface area contributed by atoms with E-state index in [2.05, 4.69) is 4.98 Å². The van der Waals surface area contributed by atoms with Crippen molar-refractivity contribution in [2.75, 3.05) is 5.73 Å². The van der Waals surface area contributed by atoms with Gasteiger partial charge in [0.1, 0.15) is 0 Å². The number of hydrogen-bond donors (Lipinski definition) is 2. The number of halogens is 5.